The molecular weight excluding hydrogens is 407 g/mol. The van der Waals surface area contributed by atoms with E-state index in [0.29, 0.717) is 12.0 Å². The van der Waals surface area contributed by atoms with Gasteiger partial charge >= 0.3 is 0 Å². The standard InChI is InChI=1S/C16H36N4S.HI/c1-9-13(10-2)14(20(6)7)11-18-15(17-5)19-12-16(3,4)21-8;/h13-14H,9-12H2,1-8H3,(H2,17,18,19);1H. The fraction of sp³-hybridized carbons (Fsp3) is 0.938. The highest BCUT2D eigenvalue weighted by Crippen LogP contribution is 2.19. The predicted octanol–water partition coefficient (Wildman–Crippen LogP) is 3.28. The molecule has 0 aliphatic carbocycles. The third kappa shape index (κ3) is 9.45. The van der Waals surface area contributed by atoms with Gasteiger partial charge in [-0.25, -0.2) is 0 Å². The van der Waals surface area contributed by atoms with Gasteiger partial charge in [-0.15, -0.1) is 24.0 Å². The summed E-state index contributed by atoms with van der Waals surface area (Å²) >= 11 is 1.87. The SMILES string of the molecule is CCC(CC)C(CNC(=NC)NCC(C)(C)SC)N(C)C.I. The second-order valence-corrected chi connectivity index (χ2v) is 7.89. The van der Waals surface area contributed by atoms with E-state index in [9.17, 15) is 0 Å². The highest BCUT2D eigenvalue weighted by Gasteiger charge is 2.21. The molecule has 0 radical (unpaired) electrons. The summed E-state index contributed by atoms with van der Waals surface area (Å²) in [5.74, 6) is 1.61. The molecular formula is C16H37IN4S. The van der Waals surface area contributed by atoms with Crippen LogP contribution in [0.25, 0.3) is 0 Å². The van der Waals surface area contributed by atoms with Crippen LogP contribution in [-0.4, -0.2) is 62.1 Å². The molecule has 1 unspecified atom stereocenters. The Hall–Kier alpha value is 0.310. The molecule has 0 bridgehead atoms. The van der Waals surface area contributed by atoms with Gasteiger partial charge in [0, 0.05) is 30.9 Å². The van der Waals surface area contributed by atoms with Crippen molar-refractivity contribution in [3.05, 3.63) is 0 Å². The van der Waals surface area contributed by atoms with Crippen LogP contribution in [0, 0.1) is 5.92 Å². The topological polar surface area (TPSA) is 39.7 Å². The highest BCUT2D eigenvalue weighted by atomic mass is 127. The van der Waals surface area contributed by atoms with Crippen molar-refractivity contribution in [1.82, 2.24) is 15.5 Å². The van der Waals surface area contributed by atoms with Crippen molar-refractivity contribution in [1.29, 1.82) is 0 Å². The van der Waals surface area contributed by atoms with Crippen LogP contribution in [0.4, 0.5) is 0 Å². The third-order valence-corrected chi connectivity index (χ3v) is 5.44. The largest absolute Gasteiger partial charge is 0.355 e. The molecule has 4 nitrogen and oxygen atoms in total. The number of aliphatic imine (C=N–C) groups is 1. The van der Waals surface area contributed by atoms with Gasteiger partial charge in [-0.3, -0.25) is 4.99 Å². The van der Waals surface area contributed by atoms with E-state index < -0.39 is 0 Å². The summed E-state index contributed by atoms with van der Waals surface area (Å²) in [6.07, 6.45) is 4.58. The summed E-state index contributed by atoms with van der Waals surface area (Å²) in [7, 11) is 6.17. The van der Waals surface area contributed by atoms with E-state index >= 15 is 0 Å². The molecule has 0 rings (SSSR count). The van der Waals surface area contributed by atoms with Crippen LogP contribution in [0.1, 0.15) is 40.5 Å². The smallest absolute Gasteiger partial charge is 0.191 e. The van der Waals surface area contributed by atoms with Crippen LogP contribution in [0.2, 0.25) is 0 Å². The molecule has 6 heteroatoms. The lowest BCUT2D eigenvalue weighted by molar-refractivity contribution is 0.200. The monoisotopic (exact) mass is 444 g/mol. The zero-order valence-electron chi connectivity index (χ0n) is 15.7. The summed E-state index contributed by atoms with van der Waals surface area (Å²) in [4.78, 5) is 6.66. The van der Waals surface area contributed by atoms with Crippen LogP contribution in [-0.2, 0) is 0 Å². The molecule has 0 spiro atoms. The van der Waals surface area contributed by atoms with Crippen LogP contribution in [0.3, 0.4) is 0 Å². The number of rotatable bonds is 9. The first-order valence-electron chi connectivity index (χ1n) is 7.97. The minimum Gasteiger partial charge on any atom is -0.355 e. The van der Waals surface area contributed by atoms with E-state index in [1.165, 1.54) is 12.8 Å². The average molecular weight is 444 g/mol. The molecule has 134 valence electrons. The lowest BCUT2D eigenvalue weighted by Gasteiger charge is -2.32. The zero-order chi connectivity index (χ0) is 16.5. The van der Waals surface area contributed by atoms with E-state index in [0.717, 1.165) is 19.0 Å². The first-order chi connectivity index (χ1) is 9.81. The molecule has 0 aromatic rings. The van der Waals surface area contributed by atoms with Gasteiger partial charge < -0.3 is 15.5 Å². The van der Waals surface area contributed by atoms with Crippen molar-refractivity contribution in [2.75, 3.05) is 40.5 Å². The second kappa shape index (κ2) is 12.7. The van der Waals surface area contributed by atoms with E-state index in [4.69, 9.17) is 0 Å². The summed E-state index contributed by atoms with van der Waals surface area (Å²) < 4.78 is 0.216. The van der Waals surface area contributed by atoms with Crippen molar-refractivity contribution in [2.24, 2.45) is 10.9 Å². The quantitative estimate of drug-likeness (QED) is 0.325. The van der Waals surface area contributed by atoms with Gasteiger partial charge in [0.25, 0.3) is 0 Å². The Bertz CT molecular complexity index is 305. The van der Waals surface area contributed by atoms with Crippen molar-refractivity contribution in [2.45, 2.75) is 51.3 Å². The number of nitrogens with one attached hydrogen (secondary N) is 2. The number of hydrogen-bond acceptors (Lipinski definition) is 3. The molecule has 0 fully saturated rings. The van der Waals surface area contributed by atoms with Crippen LogP contribution in [0.15, 0.2) is 4.99 Å². The van der Waals surface area contributed by atoms with Crippen LogP contribution in [0.5, 0.6) is 0 Å². The Balaban J connectivity index is 0. The molecule has 0 saturated carbocycles. The molecule has 0 heterocycles. The van der Waals surface area contributed by atoms with Gasteiger partial charge in [0.05, 0.1) is 0 Å². The fourth-order valence-corrected chi connectivity index (χ4v) is 2.61. The minimum atomic E-state index is 0. The first-order valence-corrected chi connectivity index (χ1v) is 9.19. The minimum absolute atomic E-state index is 0. The van der Waals surface area contributed by atoms with Gasteiger partial charge in [-0.05, 0) is 40.1 Å². The van der Waals surface area contributed by atoms with Gasteiger partial charge in [-0.2, -0.15) is 11.8 Å². The van der Waals surface area contributed by atoms with Crippen molar-refractivity contribution < 1.29 is 0 Å². The molecule has 0 saturated heterocycles. The maximum atomic E-state index is 4.33. The highest BCUT2D eigenvalue weighted by molar-refractivity contribution is 14.0. The molecule has 2 N–H and O–H groups in total. The number of likely N-dealkylation sites (N-methyl/N-ethyl adjacent to an activating group) is 1. The molecule has 0 aromatic heterocycles. The Labute approximate surface area is 159 Å². The Morgan fingerprint density at radius 1 is 1.18 bits per heavy atom. The van der Waals surface area contributed by atoms with Crippen molar-refractivity contribution >= 4 is 41.7 Å². The van der Waals surface area contributed by atoms with E-state index in [2.05, 4.69) is 68.6 Å². The second-order valence-electron chi connectivity index (χ2n) is 6.38. The molecule has 0 aliphatic heterocycles. The Morgan fingerprint density at radius 2 is 1.73 bits per heavy atom. The normalized spacial score (nSPS) is 14.0. The maximum Gasteiger partial charge on any atom is 0.191 e. The lowest BCUT2D eigenvalue weighted by atomic mass is 9.93. The molecule has 0 aliphatic rings. The number of hydrogen-bond donors (Lipinski definition) is 2. The Kier molecular flexibility index (Phi) is 14.2. The van der Waals surface area contributed by atoms with Crippen molar-refractivity contribution in [3.8, 4) is 0 Å². The van der Waals surface area contributed by atoms with Crippen LogP contribution >= 0.6 is 35.7 Å². The third-order valence-electron chi connectivity index (χ3n) is 4.19. The predicted molar refractivity (Wildman–Crippen MR) is 114 cm³/mol. The molecule has 0 amide bonds. The number of nitrogens with zero attached hydrogens (tertiary/aromatic N) is 2. The zero-order valence-corrected chi connectivity index (χ0v) is 18.8. The summed E-state index contributed by atoms with van der Waals surface area (Å²) in [5, 5.41) is 6.91. The first kappa shape index (κ1) is 24.6. The van der Waals surface area contributed by atoms with Crippen molar-refractivity contribution in [3.63, 3.8) is 0 Å². The van der Waals surface area contributed by atoms with Gasteiger partial charge in [0.1, 0.15) is 0 Å². The molecule has 1 atom stereocenters. The summed E-state index contributed by atoms with van der Waals surface area (Å²) in [6.45, 7) is 10.9. The van der Waals surface area contributed by atoms with E-state index in [-0.39, 0.29) is 28.7 Å². The van der Waals surface area contributed by atoms with Gasteiger partial charge in [0.2, 0.25) is 0 Å². The van der Waals surface area contributed by atoms with E-state index in [1.54, 1.807) is 0 Å². The number of halogens is 1. The summed E-state index contributed by atoms with van der Waals surface area (Å²) in [6, 6.07) is 0.534. The fourth-order valence-electron chi connectivity index (χ4n) is 2.39. The van der Waals surface area contributed by atoms with E-state index in [1.807, 2.05) is 18.8 Å². The average Bonchev–Trinajstić information content (AvgIpc) is 2.45. The summed E-state index contributed by atoms with van der Waals surface area (Å²) in [5.41, 5.74) is 0. The molecule has 0 aromatic carbocycles. The number of thioether (sulfide) groups is 1. The maximum absolute atomic E-state index is 4.33. The number of guanidine groups is 1. The van der Waals surface area contributed by atoms with Gasteiger partial charge in [-0.1, -0.05) is 26.7 Å². The molecule has 22 heavy (non-hydrogen) atoms. The lowest BCUT2D eigenvalue weighted by Crippen LogP contribution is -2.49. The van der Waals surface area contributed by atoms with Gasteiger partial charge in [0.15, 0.2) is 5.96 Å². The Morgan fingerprint density at radius 3 is 2.09 bits per heavy atom. The van der Waals surface area contributed by atoms with Crippen LogP contribution < -0.4 is 10.6 Å².